The predicted molar refractivity (Wildman–Crippen MR) is 113 cm³/mol. The van der Waals surface area contributed by atoms with Gasteiger partial charge in [-0.15, -0.1) is 0 Å². The van der Waals surface area contributed by atoms with E-state index in [2.05, 4.69) is 0 Å². The number of ether oxygens (including phenoxy) is 3. The van der Waals surface area contributed by atoms with E-state index >= 15 is 0 Å². The molecule has 1 fully saturated rings. The summed E-state index contributed by atoms with van der Waals surface area (Å²) in [5.74, 6) is -2.31. The largest absolute Gasteiger partial charge is 0.507 e. The number of hydrogen-bond acceptors (Lipinski definition) is 11. The van der Waals surface area contributed by atoms with Gasteiger partial charge in [-0.25, -0.2) is 4.79 Å². The summed E-state index contributed by atoms with van der Waals surface area (Å²) >= 11 is 0. The molecule has 6 N–H and O–H groups in total. The van der Waals surface area contributed by atoms with E-state index in [0.717, 1.165) is 12.3 Å². The molecular weight excluding hydrogens is 456 g/mol. The van der Waals surface area contributed by atoms with Crippen LogP contribution in [0.5, 0.6) is 23.0 Å². The number of benzene rings is 2. The number of aromatic hydroxyl groups is 2. The molecule has 0 unspecified atom stereocenters. The Hall–Kier alpha value is -3.84. The van der Waals surface area contributed by atoms with Crippen LogP contribution in [-0.2, 0) is 9.53 Å². The van der Waals surface area contributed by atoms with Crippen LogP contribution in [0.4, 0.5) is 0 Å². The van der Waals surface area contributed by atoms with E-state index in [0.29, 0.717) is 5.56 Å². The molecule has 0 saturated carbocycles. The van der Waals surface area contributed by atoms with Gasteiger partial charge in [-0.3, -0.25) is 4.79 Å². The average Bonchev–Trinajstić information content (AvgIpc) is 2.79. The Labute approximate surface area is 190 Å². The Morgan fingerprint density at radius 2 is 1.74 bits per heavy atom. The first kappa shape index (κ1) is 23.3. The molecule has 1 saturated heterocycles. The lowest BCUT2D eigenvalue weighted by Crippen LogP contribution is -2.61. The molecule has 12 nitrogen and oxygen atoms in total. The molecule has 3 aromatic rings. The van der Waals surface area contributed by atoms with Crippen molar-refractivity contribution in [3.63, 3.8) is 0 Å². The first-order valence-electron chi connectivity index (χ1n) is 9.87. The number of fused-ring (bicyclic) bond motifs is 1. The quantitative estimate of drug-likeness (QED) is 0.292. The maximum Gasteiger partial charge on any atom is 0.335 e. The van der Waals surface area contributed by atoms with Gasteiger partial charge in [0.05, 0.1) is 12.7 Å². The van der Waals surface area contributed by atoms with E-state index in [1.54, 1.807) is 0 Å². The van der Waals surface area contributed by atoms with Crippen molar-refractivity contribution in [1.82, 2.24) is 0 Å². The van der Waals surface area contributed by atoms with Gasteiger partial charge >= 0.3 is 5.97 Å². The van der Waals surface area contributed by atoms with Crippen molar-refractivity contribution in [2.24, 2.45) is 0 Å². The molecule has 0 spiro atoms. The van der Waals surface area contributed by atoms with Gasteiger partial charge in [0.2, 0.25) is 11.7 Å². The van der Waals surface area contributed by atoms with Crippen molar-refractivity contribution in [3.05, 3.63) is 46.8 Å². The SMILES string of the molecule is COc1cc(-c2coc3cc(O[C@@H]4O[C@H](C(=O)O)[C@@H](O)[C@H](O)[C@H]4O)cc(O)c3c2=O)ccc1O. The first-order chi connectivity index (χ1) is 16.1. The van der Waals surface area contributed by atoms with Crippen molar-refractivity contribution in [1.29, 1.82) is 0 Å². The van der Waals surface area contributed by atoms with E-state index in [1.165, 1.54) is 31.4 Å². The minimum absolute atomic E-state index is 0.0715. The maximum absolute atomic E-state index is 13.0. The fourth-order valence-electron chi connectivity index (χ4n) is 3.60. The second-order valence-corrected chi connectivity index (χ2v) is 7.53. The summed E-state index contributed by atoms with van der Waals surface area (Å²) in [6, 6.07) is 6.43. The molecule has 1 aliphatic heterocycles. The van der Waals surface area contributed by atoms with E-state index in [4.69, 9.17) is 23.7 Å². The van der Waals surface area contributed by atoms with Crippen LogP contribution in [0.25, 0.3) is 22.1 Å². The van der Waals surface area contributed by atoms with Crippen LogP contribution < -0.4 is 14.9 Å². The number of aliphatic hydroxyl groups excluding tert-OH is 3. The summed E-state index contributed by atoms with van der Waals surface area (Å²) in [6.45, 7) is 0. The second kappa shape index (κ2) is 8.83. The smallest absolute Gasteiger partial charge is 0.335 e. The summed E-state index contributed by atoms with van der Waals surface area (Å²) in [7, 11) is 1.35. The Bertz CT molecular complexity index is 1300. The second-order valence-electron chi connectivity index (χ2n) is 7.53. The Morgan fingerprint density at radius 3 is 2.41 bits per heavy atom. The summed E-state index contributed by atoms with van der Waals surface area (Å²) in [6.07, 6.45) is -8.05. The highest BCUT2D eigenvalue weighted by atomic mass is 16.7. The molecule has 12 heteroatoms. The van der Waals surface area contributed by atoms with E-state index in [1.807, 2.05) is 0 Å². The lowest BCUT2D eigenvalue weighted by Gasteiger charge is -2.38. The monoisotopic (exact) mass is 476 g/mol. The third kappa shape index (κ3) is 3.99. The number of methoxy groups -OCH3 is 1. The highest BCUT2D eigenvalue weighted by Gasteiger charge is 2.48. The number of hydrogen-bond donors (Lipinski definition) is 6. The number of phenols is 2. The first-order valence-corrected chi connectivity index (χ1v) is 9.87. The number of carbonyl (C=O) groups is 1. The summed E-state index contributed by atoms with van der Waals surface area (Å²) in [5, 5.41) is 59.0. The molecule has 2 aromatic carbocycles. The fraction of sp³-hybridized carbons (Fsp3) is 0.273. The van der Waals surface area contributed by atoms with Gasteiger partial charge in [-0.1, -0.05) is 6.07 Å². The normalized spacial score (nSPS) is 24.6. The van der Waals surface area contributed by atoms with Crippen molar-refractivity contribution in [2.45, 2.75) is 30.7 Å². The third-order valence-electron chi connectivity index (χ3n) is 5.39. The number of carboxylic acid groups (broad SMARTS) is 1. The maximum atomic E-state index is 13.0. The minimum Gasteiger partial charge on any atom is -0.507 e. The molecule has 34 heavy (non-hydrogen) atoms. The molecule has 0 amide bonds. The zero-order chi connectivity index (χ0) is 24.7. The zero-order valence-corrected chi connectivity index (χ0v) is 17.5. The molecule has 5 atom stereocenters. The van der Waals surface area contributed by atoms with Gasteiger partial charge in [-0.2, -0.15) is 0 Å². The molecule has 1 aromatic heterocycles. The molecule has 0 bridgehead atoms. The van der Waals surface area contributed by atoms with Crippen molar-refractivity contribution in [3.8, 4) is 34.1 Å². The highest BCUT2D eigenvalue weighted by molar-refractivity contribution is 5.88. The molecule has 0 radical (unpaired) electrons. The number of rotatable bonds is 5. The van der Waals surface area contributed by atoms with Gasteiger partial charge in [0.25, 0.3) is 0 Å². The zero-order valence-electron chi connectivity index (χ0n) is 17.5. The van der Waals surface area contributed by atoms with E-state index in [-0.39, 0.29) is 33.8 Å². The molecule has 0 aliphatic carbocycles. The minimum atomic E-state index is -1.90. The molecule has 1 aliphatic rings. The van der Waals surface area contributed by atoms with E-state index in [9.17, 15) is 35.1 Å². The van der Waals surface area contributed by atoms with Crippen LogP contribution in [0.2, 0.25) is 0 Å². The van der Waals surface area contributed by atoms with Gasteiger partial charge < -0.3 is 49.3 Å². The Kier molecular flexibility index (Phi) is 6.06. The van der Waals surface area contributed by atoms with Crippen LogP contribution >= 0.6 is 0 Å². The average molecular weight is 476 g/mol. The molecule has 4 rings (SSSR count). The van der Waals surface area contributed by atoms with Gasteiger partial charge in [-0.05, 0) is 17.7 Å². The Morgan fingerprint density at radius 1 is 1.00 bits per heavy atom. The van der Waals surface area contributed by atoms with Crippen LogP contribution in [0.1, 0.15) is 0 Å². The van der Waals surface area contributed by atoms with Gasteiger partial charge in [0, 0.05) is 12.1 Å². The fourth-order valence-corrected chi connectivity index (χ4v) is 3.60. The topological polar surface area (TPSA) is 196 Å². The Balaban J connectivity index is 1.69. The lowest BCUT2D eigenvalue weighted by atomic mass is 9.99. The summed E-state index contributed by atoms with van der Waals surface area (Å²) in [4.78, 5) is 24.3. The molecule has 2 heterocycles. The van der Waals surface area contributed by atoms with Crippen molar-refractivity contribution >= 4 is 16.9 Å². The third-order valence-corrected chi connectivity index (χ3v) is 5.39. The summed E-state index contributed by atoms with van der Waals surface area (Å²) in [5.41, 5.74) is -0.273. The van der Waals surface area contributed by atoms with Crippen LogP contribution in [0, 0.1) is 0 Å². The van der Waals surface area contributed by atoms with Gasteiger partial charge in [0.1, 0.15) is 47.0 Å². The van der Waals surface area contributed by atoms with E-state index < -0.39 is 47.9 Å². The number of phenolic OH excluding ortho intramolecular Hbond substituents is 2. The number of carboxylic acids is 1. The van der Waals surface area contributed by atoms with Crippen LogP contribution in [0.15, 0.2) is 45.8 Å². The molecule has 180 valence electrons. The highest BCUT2D eigenvalue weighted by Crippen LogP contribution is 2.34. The molecular formula is C22H20O12. The van der Waals surface area contributed by atoms with Crippen LogP contribution in [0.3, 0.4) is 0 Å². The lowest BCUT2D eigenvalue weighted by molar-refractivity contribution is -0.271. The van der Waals surface area contributed by atoms with Crippen molar-refractivity contribution < 1.29 is 54.1 Å². The van der Waals surface area contributed by atoms with Crippen molar-refractivity contribution in [2.75, 3.05) is 7.11 Å². The number of aliphatic hydroxyl groups is 3. The standard InChI is InChI=1S/C22H20O12/c1-31-13-4-8(2-3-11(13)23)10-7-32-14-6-9(5-12(24)15(14)16(10)25)33-22-19(28)17(26)18(27)20(34-22)21(29)30/h2-7,17-20,22-24,26-28H,1H3,(H,29,30)/t17-,18-,19+,20-,22+/m0/s1. The van der Waals surface area contributed by atoms with Gasteiger partial charge in [0.15, 0.2) is 17.6 Å². The predicted octanol–water partition coefficient (Wildman–Crippen LogP) is 0.151. The van der Waals surface area contributed by atoms with Crippen LogP contribution in [-0.4, -0.2) is 74.4 Å². The summed E-state index contributed by atoms with van der Waals surface area (Å²) < 4.78 is 21.0. The number of aliphatic carboxylic acids is 1.